The predicted octanol–water partition coefficient (Wildman–Crippen LogP) is 3.74. The topological polar surface area (TPSA) is 72.0 Å². The average molecular weight is 398 g/mol. The van der Waals surface area contributed by atoms with Crippen LogP contribution in [0.4, 0.5) is 5.69 Å². The van der Waals surface area contributed by atoms with Crippen LogP contribution < -0.4 is 20.1 Å². The lowest BCUT2D eigenvalue weighted by molar-refractivity contribution is -0.118. The maximum atomic E-state index is 13.3. The molecule has 0 bridgehead atoms. The molecular formula is C21H23N3O3S. The summed E-state index contributed by atoms with van der Waals surface area (Å²) in [6, 6.07) is 14.5. The van der Waals surface area contributed by atoms with Gasteiger partial charge in [0.1, 0.15) is 17.4 Å². The minimum absolute atomic E-state index is 0.195. The SMILES string of the molecule is CCOc1ccccc1NC(=O)C1C(C)=NC(=S)NC1c1ccccc1OC. The van der Waals surface area contributed by atoms with E-state index in [-0.39, 0.29) is 11.9 Å². The molecule has 2 aromatic rings. The Hall–Kier alpha value is -2.93. The minimum atomic E-state index is -0.558. The highest BCUT2D eigenvalue weighted by Gasteiger charge is 2.37. The van der Waals surface area contributed by atoms with Crippen LogP contribution in [-0.4, -0.2) is 30.4 Å². The number of hydrogen-bond acceptors (Lipinski definition) is 4. The van der Waals surface area contributed by atoms with Crippen molar-refractivity contribution in [3.8, 4) is 11.5 Å². The van der Waals surface area contributed by atoms with Crippen molar-refractivity contribution in [2.45, 2.75) is 19.9 Å². The van der Waals surface area contributed by atoms with E-state index in [0.29, 0.717) is 34.6 Å². The highest BCUT2D eigenvalue weighted by molar-refractivity contribution is 7.80. The van der Waals surface area contributed by atoms with E-state index in [9.17, 15) is 4.79 Å². The van der Waals surface area contributed by atoms with Crippen LogP contribution in [0.25, 0.3) is 0 Å². The molecule has 0 spiro atoms. The number of para-hydroxylation sites is 3. The van der Waals surface area contributed by atoms with Gasteiger partial charge in [-0.25, -0.2) is 4.99 Å². The van der Waals surface area contributed by atoms with Crippen molar-refractivity contribution in [2.75, 3.05) is 19.0 Å². The lowest BCUT2D eigenvalue weighted by atomic mass is 9.87. The minimum Gasteiger partial charge on any atom is -0.496 e. The van der Waals surface area contributed by atoms with Gasteiger partial charge in [-0.1, -0.05) is 30.3 Å². The summed E-state index contributed by atoms with van der Waals surface area (Å²) in [5.41, 5.74) is 2.11. The Morgan fingerprint density at radius 2 is 1.86 bits per heavy atom. The number of amides is 1. The molecule has 2 unspecified atom stereocenters. The highest BCUT2D eigenvalue weighted by Crippen LogP contribution is 2.34. The first-order valence-corrected chi connectivity index (χ1v) is 9.47. The molecule has 0 radical (unpaired) electrons. The first-order chi connectivity index (χ1) is 13.5. The zero-order chi connectivity index (χ0) is 20.1. The Labute approximate surface area is 170 Å². The Kier molecular flexibility index (Phi) is 6.26. The lowest BCUT2D eigenvalue weighted by Gasteiger charge is -2.32. The molecule has 1 heterocycles. The van der Waals surface area contributed by atoms with Crippen LogP contribution in [0.2, 0.25) is 0 Å². The number of nitrogens with one attached hydrogen (secondary N) is 2. The maximum Gasteiger partial charge on any atom is 0.235 e. The number of ether oxygens (including phenoxy) is 2. The first kappa shape index (κ1) is 19.8. The molecule has 2 N–H and O–H groups in total. The third-order valence-corrected chi connectivity index (χ3v) is 4.75. The van der Waals surface area contributed by atoms with Gasteiger partial charge >= 0.3 is 0 Å². The number of benzene rings is 2. The smallest absolute Gasteiger partial charge is 0.235 e. The fourth-order valence-electron chi connectivity index (χ4n) is 3.30. The van der Waals surface area contributed by atoms with Gasteiger partial charge in [0.25, 0.3) is 0 Å². The second-order valence-corrected chi connectivity index (χ2v) is 6.71. The lowest BCUT2D eigenvalue weighted by Crippen LogP contribution is -2.45. The molecule has 28 heavy (non-hydrogen) atoms. The number of carbonyl (C=O) groups is 1. The fraction of sp³-hybridized carbons (Fsp3) is 0.286. The van der Waals surface area contributed by atoms with Crippen LogP contribution in [0.15, 0.2) is 53.5 Å². The zero-order valence-corrected chi connectivity index (χ0v) is 16.9. The number of nitrogens with zero attached hydrogens (tertiary/aromatic N) is 1. The largest absolute Gasteiger partial charge is 0.496 e. The van der Waals surface area contributed by atoms with Crippen molar-refractivity contribution in [2.24, 2.45) is 10.9 Å². The van der Waals surface area contributed by atoms with Gasteiger partial charge in [-0.3, -0.25) is 4.79 Å². The normalized spacial score (nSPS) is 18.7. The van der Waals surface area contributed by atoms with Gasteiger partial charge in [0, 0.05) is 11.3 Å². The predicted molar refractivity (Wildman–Crippen MR) is 114 cm³/mol. The van der Waals surface area contributed by atoms with Gasteiger partial charge in [-0.2, -0.15) is 0 Å². The number of rotatable bonds is 6. The van der Waals surface area contributed by atoms with Crippen molar-refractivity contribution in [3.05, 3.63) is 54.1 Å². The first-order valence-electron chi connectivity index (χ1n) is 9.06. The molecule has 1 amide bonds. The summed E-state index contributed by atoms with van der Waals surface area (Å²) < 4.78 is 11.1. The van der Waals surface area contributed by atoms with Crippen LogP contribution in [0, 0.1) is 5.92 Å². The monoisotopic (exact) mass is 397 g/mol. The molecule has 0 saturated carbocycles. The Morgan fingerprint density at radius 3 is 2.57 bits per heavy atom. The summed E-state index contributed by atoms with van der Waals surface area (Å²) in [6.45, 7) is 4.23. The van der Waals surface area contributed by atoms with Crippen LogP contribution in [0.3, 0.4) is 0 Å². The average Bonchev–Trinajstić information content (AvgIpc) is 2.69. The van der Waals surface area contributed by atoms with Crippen molar-refractivity contribution in [3.63, 3.8) is 0 Å². The summed E-state index contributed by atoms with van der Waals surface area (Å²) in [7, 11) is 1.61. The maximum absolute atomic E-state index is 13.3. The fourth-order valence-corrected chi connectivity index (χ4v) is 3.57. The molecule has 0 aromatic heterocycles. The van der Waals surface area contributed by atoms with E-state index in [4.69, 9.17) is 21.7 Å². The van der Waals surface area contributed by atoms with E-state index in [2.05, 4.69) is 15.6 Å². The van der Waals surface area contributed by atoms with Crippen molar-refractivity contribution < 1.29 is 14.3 Å². The molecule has 6 nitrogen and oxygen atoms in total. The second-order valence-electron chi connectivity index (χ2n) is 6.32. The van der Waals surface area contributed by atoms with Crippen LogP contribution >= 0.6 is 12.2 Å². The van der Waals surface area contributed by atoms with Crippen molar-refractivity contribution >= 4 is 34.6 Å². The molecule has 0 fully saturated rings. The summed E-state index contributed by atoms with van der Waals surface area (Å²) in [5, 5.41) is 6.50. The van der Waals surface area contributed by atoms with Gasteiger partial charge in [0.15, 0.2) is 5.11 Å². The zero-order valence-electron chi connectivity index (χ0n) is 16.1. The third kappa shape index (κ3) is 4.14. The number of aliphatic imine (C=N–C) groups is 1. The van der Waals surface area contributed by atoms with Gasteiger partial charge < -0.3 is 20.1 Å². The molecule has 1 aliphatic heterocycles. The van der Waals surface area contributed by atoms with Gasteiger partial charge in [-0.05, 0) is 44.3 Å². The highest BCUT2D eigenvalue weighted by atomic mass is 32.1. The third-order valence-electron chi connectivity index (χ3n) is 4.54. The van der Waals surface area contributed by atoms with Crippen molar-refractivity contribution in [1.82, 2.24) is 5.32 Å². The molecule has 2 aromatic carbocycles. The molecular weight excluding hydrogens is 374 g/mol. The van der Waals surface area contributed by atoms with E-state index < -0.39 is 5.92 Å². The van der Waals surface area contributed by atoms with Crippen LogP contribution in [0.1, 0.15) is 25.5 Å². The molecule has 0 saturated heterocycles. The quantitative estimate of drug-likeness (QED) is 0.727. The number of thiocarbonyl (C=S) groups is 1. The number of carbonyl (C=O) groups excluding carboxylic acids is 1. The number of anilines is 1. The van der Waals surface area contributed by atoms with E-state index in [1.807, 2.05) is 62.4 Å². The van der Waals surface area contributed by atoms with Gasteiger partial charge in [0.2, 0.25) is 5.91 Å². The summed E-state index contributed by atoms with van der Waals surface area (Å²) in [6.07, 6.45) is 0. The molecule has 7 heteroatoms. The Balaban J connectivity index is 1.95. The molecule has 1 aliphatic rings. The van der Waals surface area contributed by atoms with E-state index >= 15 is 0 Å². The second kappa shape index (κ2) is 8.84. The molecule has 0 aliphatic carbocycles. The van der Waals surface area contributed by atoms with E-state index in [0.717, 1.165) is 5.56 Å². The summed E-state index contributed by atoms with van der Waals surface area (Å²) in [5.74, 6) is 0.558. The molecule has 146 valence electrons. The number of hydrogen-bond donors (Lipinski definition) is 2. The van der Waals surface area contributed by atoms with Crippen molar-refractivity contribution in [1.29, 1.82) is 0 Å². The molecule has 2 atom stereocenters. The molecule has 3 rings (SSSR count). The summed E-state index contributed by atoms with van der Waals surface area (Å²) in [4.78, 5) is 17.6. The number of methoxy groups -OCH3 is 1. The Morgan fingerprint density at radius 1 is 1.18 bits per heavy atom. The summed E-state index contributed by atoms with van der Waals surface area (Å²) >= 11 is 5.27. The van der Waals surface area contributed by atoms with Crippen LogP contribution in [-0.2, 0) is 4.79 Å². The van der Waals surface area contributed by atoms with Crippen LogP contribution in [0.5, 0.6) is 11.5 Å². The van der Waals surface area contributed by atoms with Gasteiger partial charge in [-0.15, -0.1) is 0 Å². The Bertz CT molecular complexity index is 913. The van der Waals surface area contributed by atoms with Gasteiger partial charge in [0.05, 0.1) is 25.4 Å². The van der Waals surface area contributed by atoms with E-state index in [1.165, 1.54) is 0 Å². The standard InChI is InChI=1S/C21H23N3O3S/c1-4-27-17-12-8-6-10-15(17)23-20(25)18-13(2)22-21(28)24-19(18)14-9-5-7-11-16(14)26-3/h5-12,18-19H,4H2,1-3H3,(H,23,25)(H,24,28). The van der Waals surface area contributed by atoms with E-state index in [1.54, 1.807) is 7.11 Å².